The number of nitrogens with two attached hydrogens (primary N) is 2. The lowest BCUT2D eigenvalue weighted by Crippen LogP contribution is -2.58. The molecule has 38 heavy (non-hydrogen) atoms. The van der Waals surface area contributed by atoms with Crippen LogP contribution in [0.4, 0.5) is 0 Å². The number of hydrogen-bond donors (Lipinski definition) is 8. The fourth-order valence-electron chi connectivity index (χ4n) is 4.06. The number of H-pyrrole nitrogens is 1. The molecule has 2 rings (SSSR count). The summed E-state index contributed by atoms with van der Waals surface area (Å²) in [6.45, 7) is 3.98. The molecule has 11 nitrogen and oxygen atoms in total. The molecule has 3 amide bonds. The molecular weight excluding hydrogens is 508 g/mol. The molecule has 1 heterocycles. The zero-order chi connectivity index (χ0) is 28.2. The Balaban J connectivity index is 2.29. The molecule has 0 fully saturated rings. The SMILES string of the molecule is CCC(C)C(NC(=O)C(CCCCN)NC(=O)C(Cc1c[nH]c2ccccc12)NC(=O)C(N)CS)C(=O)O. The van der Waals surface area contributed by atoms with Gasteiger partial charge in [0.25, 0.3) is 0 Å². The summed E-state index contributed by atoms with van der Waals surface area (Å²) in [6, 6.07) is 3.48. The van der Waals surface area contributed by atoms with Crippen LogP contribution in [0.1, 0.15) is 45.1 Å². The number of aliphatic carboxylic acids is 1. The predicted molar refractivity (Wildman–Crippen MR) is 150 cm³/mol. The third kappa shape index (κ3) is 8.74. The van der Waals surface area contributed by atoms with Crippen LogP contribution >= 0.6 is 12.6 Å². The first kappa shape index (κ1) is 31.1. The second-order valence-electron chi connectivity index (χ2n) is 9.47. The van der Waals surface area contributed by atoms with Crippen LogP contribution in [0, 0.1) is 5.92 Å². The molecule has 5 unspecified atom stereocenters. The van der Waals surface area contributed by atoms with Crippen LogP contribution < -0.4 is 27.4 Å². The van der Waals surface area contributed by atoms with Gasteiger partial charge in [-0.25, -0.2) is 4.79 Å². The summed E-state index contributed by atoms with van der Waals surface area (Å²) in [5, 5.41) is 18.5. The van der Waals surface area contributed by atoms with Gasteiger partial charge in [0.15, 0.2) is 0 Å². The van der Waals surface area contributed by atoms with Crippen molar-refractivity contribution < 1.29 is 24.3 Å². The summed E-state index contributed by atoms with van der Waals surface area (Å²) < 4.78 is 0. The number of benzene rings is 1. The quantitative estimate of drug-likeness (QED) is 0.112. The van der Waals surface area contributed by atoms with Gasteiger partial charge < -0.3 is 37.5 Å². The summed E-state index contributed by atoms with van der Waals surface area (Å²) >= 11 is 4.07. The van der Waals surface area contributed by atoms with E-state index in [0.717, 1.165) is 16.5 Å². The molecule has 0 spiro atoms. The molecule has 0 saturated heterocycles. The minimum Gasteiger partial charge on any atom is -0.480 e. The number of nitrogens with one attached hydrogen (secondary N) is 4. The van der Waals surface area contributed by atoms with Crippen molar-refractivity contribution in [2.45, 2.75) is 70.1 Å². The lowest BCUT2D eigenvalue weighted by Gasteiger charge is -2.26. The van der Waals surface area contributed by atoms with Gasteiger partial charge in [0.05, 0.1) is 6.04 Å². The molecule has 0 saturated carbocycles. The van der Waals surface area contributed by atoms with Crippen molar-refractivity contribution in [3.63, 3.8) is 0 Å². The number of carboxylic acid groups (broad SMARTS) is 1. The molecule has 5 atom stereocenters. The molecule has 9 N–H and O–H groups in total. The number of thiol groups is 1. The number of carboxylic acids is 1. The number of unbranched alkanes of at least 4 members (excludes halogenated alkanes) is 1. The van der Waals surface area contributed by atoms with Crippen molar-refractivity contribution >= 4 is 47.2 Å². The summed E-state index contributed by atoms with van der Waals surface area (Å²) in [6.07, 6.45) is 3.88. The second kappa shape index (κ2) is 15.4. The van der Waals surface area contributed by atoms with E-state index in [1.807, 2.05) is 31.2 Å². The Labute approximate surface area is 228 Å². The standard InChI is InChI=1S/C26H40N6O5S/c1-3-15(2)22(26(36)37)32-24(34)20(10-6-7-11-27)30-25(35)21(31-23(33)18(28)14-38)12-16-13-29-19-9-5-4-8-17(16)19/h4-5,8-9,13,15,18,20-22,29,38H,3,6-7,10-12,14,27-28H2,1-2H3,(H,30,35)(H,31,33)(H,32,34)(H,36,37). The third-order valence-corrected chi connectivity index (χ3v) is 7.02. The van der Waals surface area contributed by atoms with Crippen LogP contribution in [0.2, 0.25) is 0 Å². The number of aromatic nitrogens is 1. The smallest absolute Gasteiger partial charge is 0.326 e. The lowest BCUT2D eigenvalue weighted by molar-refractivity contribution is -0.144. The molecule has 0 aliphatic heterocycles. The Morgan fingerprint density at radius 3 is 2.32 bits per heavy atom. The van der Waals surface area contributed by atoms with Gasteiger partial charge in [-0.3, -0.25) is 14.4 Å². The lowest BCUT2D eigenvalue weighted by atomic mass is 9.98. The van der Waals surface area contributed by atoms with E-state index in [-0.39, 0.29) is 24.5 Å². The van der Waals surface area contributed by atoms with Crippen molar-refractivity contribution in [1.82, 2.24) is 20.9 Å². The maximum atomic E-state index is 13.5. The zero-order valence-corrected chi connectivity index (χ0v) is 22.8. The van der Waals surface area contributed by atoms with Crippen LogP contribution in [-0.2, 0) is 25.6 Å². The van der Waals surface area contributed by atoms with E-state index in [2.05, 4.69) is 33.6 Å². The van der Waals surface area contributed by atoms with Crippen molar-refractivity contribution in [2.75, 3.05) is 12.3 Å². The predicted octanol–water partition coefficient (Wildman–Crippen LogP) is 0.682. The van der Waals surface area contributed by atoms with Gasteiger partial charge in [-0.15, -0.1) is 0 Å². The fraction of sp³-hybridized carbons (Fsp3) is 0.538. The molecule has 1 aromatic heterocycles. The van der Waals surface area contributed by atoms with E-state index in [1.165, 1.54) is 0 Å². The highest BCUT2D eigenvalue weighted by molar-refractivity contribution is 7.80. The number of para-hydroxylation sites is 1. The second-order valence-corrected chi connectivity index (χ2v) is 9.83. The largest absolute Gasteiger partial charge is 0.480 e. The summed E-state index contributed by atoms with van der Waals surface area (Å²) in [7, 11) is 0. The number of aromatic amines is 1. The summed E-state index contributed by atoms with van der Waals surface area (Å²) in [5.41, 5.74) is 13.1. The minimum absolute atomic E-state index is 0.0869. The van der Waals surface area contributed by atoms with E-state index in [0.29, 0.717) is 25.8 Å². The van der Waals surface area contributed by atoms with Gasteiger partial charge in [-0.1, -0.05) is 38.5 Å². The Bertz CT molecular complexity index is 1090. The maximum absolute atomic E-state index is 13.5. The van der Waals surface area contributed by atoms with Crippen molar-refractivity contribution in [2.24, 2.45) is 17.4 Å². The maximum Gasteiger partial charge on any atom is 0.326 e. The van der Waals surface area contributed by atoms with E-state index in [4.69, 9.17) is 11.5 Å². The molecule has 0 bridgehead atoms. The summed E-state index contributed by atoms with van der Waals surface area (Å²) in [5.74, 6) is -3.11. The van der Waals surface area contributed by atoms with E-state index >= 15 is 0 Å². The van der Waals surface area contributed by atoms with Gasteiger partial charge in [-0.2, -0.15) is 12.6 Å². The Morgan fingerprint density at radius 2 is 1.68 bits per heavy atom. The molecular formula is C26H40N6O5S. The van der Waals surface area contributed by atoms with Gasteiger partial charge in [0.1, 0.15) is 18.1 Å². The third-order valence-electron chi connectivity index (χ3n) is 6.62. The van der Waals surface area contributed by atoms with Gasteiger partial charge >= 0.3 is 5.97 Å². The highest BCUT2D eigenvalue weighted by Crippen LogP contribution is 2.19. The van der Waals surface area contributed by atoms with Crippen LogP contribution in [0.3, 0.4) is 0 Å². The molecule has 0 aliphatic carbocycles. The Hall–Kier alpha value is -3.09. The first-order chi connectivity index (χ1) is 18.1. The zero-order valence-electron chi connectivity index (χ0n) is 21.9. The highest BCUT2D eigenvalue weighted by Gasteiger charge is 2.32. The van der Waals surface area contributed by atoms with E-state index < -0.39 is 47.9 Å². The minimum atomic E-state index is -1.15. The molecule has 12 heteroatoms. The number of fused-ring (bicyclic) bond motifs is 1. The number of hydrogen-bond acceptors (Lipinski definition) is 7. The average Bonchev–Trinajstić information content (AvgIpc) is 3.32. The van der Waals surface area contributed by atoms with Crippen LogP contribution in [0.15, 0.2) is 30.5 Å². The van der Waals surface area contributed by atoms with Gasteiger partial charge in [-0.05, 0) is 43.4 Å². The first-order valence-electron chi connectivity index (χ1n) is 12.9. The molecule has 210 valence electrons. The van der Waals surface area contributed by atoms with Gasteiger partial charge in [0, 0.05) is 29.3 Å². The molecule has 0 radical (unpaired) electrons. The monoisotopic (exact) mass is 548 g/mol. The normalized spacial score (nSPS) is 15.2. The molecule has 1 aromatic carbocycles. The number of amides is 3. The summed E-state index contributed by atoms with van der Waals surface area (Å²) in [4.78, 5) is 54.2. The van der Waals surface area contributed by atoms with Crippen molar-refractivity contribution in [1.29, 1.82) is 0 Å². The van der Waals surface area contributed by atoms with Crippen LogP contribution in [0.25, 0.3) is 10.9 Å². The molecule has 2 aromatic rings. The van der Waals surface area contributed by atoms with Crippen molar-refractivity contribution in [3.8, 4) is 0 Å². The van der Waals surface area contributed by atoms with Gasteiger partial charge in [0.2, 0.25) is 17.7 Å². The first-order valence-corrected chi connectivity index (χ1v) is 13.5. The average molecular weight is 549 g/mol. The Morgan fingerprint density at radius 1 is 1.03 bits per heavy atom. The fourth-order valence-corrected chi connectivity index (χ4v) is 4.23. The number of carbonyl (C=O) groups excluding carboxylic acids is 3. The van der Waals surface area contributed by atoms with E-state index in [9.17, 15) is 24.3 Å². The highest BCUT2D eigenvalue weighted by atomic mass is 32.1. The van der Waals surface area contributed by atoms with E-state index in [1.54, 1.807) is 13.1 Å². The van der Waals surface area contributed by atoms with Crippen molar-refractivity contribution in [3.05, 3.63) is 36.0 Å². The number of carbonyl (C=O) groups is 4. The molecule has 0 aliphatic rings. The Kier molecular flexibility index (Phi) is 12.6. The van der Waals surface area contributed by atoms with Crippen LogP contribution in [-0.4, -0.2) is 70.2 Å². The number of rotatable bonds is 16. The van der Waals surface area contributed by atoms with Crippen LogP contribution in [0.5, 0.6) is 0 Å². The topological polar surface area (TPSA) is 192 Å².